The van der Waals surface area contributed by atoms with Crippen LogP contribution < -0.4 is 5.32 Å². The molecule has 0 saturated carbocycles. The summed E-state index contributed by atoms with van der Waals surface area (Å²) >= 11 is 0. The molecule has 0 aliphatic rings. The Hall–Kier alpha value is -2.28. The third kappa shape index (κ3) is 2.85. The Balaban J connectivity index is 1.92. The molecule has 4 nitrogen and oxygen atoms in total. The van der Waals surface area contributed by atoms with E-state index in [1.54, 1.807) is 4.68 Å². The Morgan fingerprint density at radius 2 is 2.18 bits per heavy atom. The molecule has 17 heavy (non-hydrogen) atoms. The third-order valence-electron chi connectivity index (χ3n) is 2.51. The molecule has 0 saturated heterocycles. The molecular formula is C13H14N4. The maximum Gasteiger partial charge on any atom is 0.101 e. The van der Waals surface area contributed by atoms with E-state index in [0.29, 0.717) is 5.56 Å². The lowest BCUT2D eigenvalue weighted by Gasteiger charge is -2.06. The average Bonchev–Trinajstić information content (AvgIpc) is 2.76. The lowest BCUT2D eigenvalue weighted by molar-refractivity contribution is 0.742. The second-order valence-electron chi connectivity index (χ2n) is 3.81. The van der Waals surface area contributed by atoms with Crippen LogP contribution in [0.3, 0.4) is 0 Å². The van der Waals surface area contributed by atoms with Crippen molar-refractivity contribution in [3.05, 3.63) is 47.8 Å². The van der Waals surface area contributed by atoms with Crippen LogP contribution in [0, 0.1) is 11.3 Å². The van der Waals surface area contributed by atoms with E-state index in [9.17, 15) is 0 Å². The van der Waals surface area contributed by atoms with Gasteiger partial charge in [0.25, 0.3) is 0 Å². The van der Waals surface area contributed by atoms with Crippen LogP contribution in [0.4, 0.5) is 5.69 Å². The topological polar surface area (TPSA) is 53.6 Å². The number of aryl methyl sites for hydroxylation is 1. The van der Waals surface area contributed by atoms with Gasteiger partial charge >= 0.3 is 0 Å². The zero-order valence-electron chi connectivity index (χ0n) is 9.72. The number of nitrogens with one attached hydrogen (secondary N) is 1. The van der Waals surface area contributed by atoms with Gasteiger partial charge in [-0.3, -0.25) is 4.68 Å². The highest BCUT2D eigenvalue weighted by Crippen LogP contribution is 2.13. The summed E-state index contributed by atoms with van der Waals surface area (Å²) in [5.74, 6) is 0. The van der Waals surface area contributed by atoms with E-state index < -0.39 is 0 Å². The van der Waals surface area contributed by atoms with Crippen LogP contribution in [0.2, 0.25) is 0 Å². The fourth-order valence-corrected chi connectivity index (χ4v) is 1.66. The van der Waals surface area contributed by atoms with Crippen molar-refractivity contribution in [2.24, 2.45) is 7.05 Å². The quantitative estimate of drug-likeness (QED) is 0.866. The van der Waals surface area contributed by atoms with E-state index in [1.165, 1.54) is 0 Å². The summed E-state index contributed by atoms with van der Waals surface area (Å²) in [6, 6.07) is 11.7. The van der Waals surface area contributed by atoms with Crippen LogP contribution in [-0.2, 0) is 13.5 Å². The van der Waals surface area contributed by atoms with Crippen molar-refractivity contribution in [1.82, 2.24) is 9.78 Å². The van der Waals surface area contributed by atoms with Gasteiger partial charge in [0, 0.05) is 26.2 Å². The SMILES string of the molecule is Cn1ccc(CCNc2ccccc2C#N)n1. The predicted octanol–water partition coefficient (Wildman–Crippen LogP) is 1.95. The molecule has 0 radical (unpaired) electrons. The molecule has 4 heteroatoms. The zero-order chi connectivity index (χ0) is 12.1. The van der Waals surface area contributed by atoms with Gasteiger partial charge < -0.3 is 5.32 Å². The van der Waals surface area contributed by atoms with E-state index in [-0.39, 0.29) is 0 Å². The fraction of sp³-hybridized carbons (Fsp3) is 0.231. The first-order valence-corrected chi connectivity index (χ1v) is 5.51. The maximum atomic E-state index is 8.93. The van der Waals surface area contributed by atoms with Crippen LogP contribution in [-0.4, -0.2) is 16.3 Å². The molecule has 0 spiro atoms. The van der Waals surface area contributed by atoms with E-state index in [2.05, 4.69) is 16.5 Å². The molecule has 1 N–H and O–H groups in total. The van der Waals surface area contributed by atoms with E-state index in [4.69, 9.17) is 5.26 Å². The maximum absolute atomic E-state index is 8.93. The first-order chi connectivity index (χ1) is 8.29. The molecule has 2 rings (SSSR count). The molecule has 2 aromatic rings. The standard InChI is InChI=1S/C13H14N4/c1-17-9-7-12(16-17)6-8-15-13-5-3-2-4-11(13)10-14/h2-5,7,9,15H,6,8H2,1H3. The Labute approximate surface area is 100 Å². The number of nitriles is 1. The number of hydrogen-bond acceptors (Lipinski definition) is 3. The van der Waals surface area contributed by atoms with Crippen molar-refractivity contribution >= 4 is 5.69 Å². The van der Waals surface area contributed by atoms with Gasteiger partial charge in [0.15, 0.2) is 0 Å². The highest BCUT2D eigenvalue weighted by Gasteiger charge is 2.00. The number of nitrogens with zero attached hydrogens (tertiary/aromatic N) is 3. The number of aromatic nitrogens is 2. The first-order valence-electron chi connectivity index (χ1n) is 5.51. The molecule has 0 aliphatic heterocycles. The number of hydrogen-bond donors (Lipinski definition) is 1. The van der Waals surface area contributed by atoms with Gasteiger partial charge in [-0.05, 0) is 18.2 Å². The van der Waals surface area contributed by atoms with Crippen molar-refractivity contribution in [3.8, 4) is 6.07 Å². The van der Waals surface area contributed by atoms with Crippen LogP contribution in [0.15, 0.2) is 36.5 Å². The number of para-hydroxylation sites is 1. The molecule has 0 fully saturated rings. The minimum atomic E-state index is 0.675. The summed E-state index contributed by atoms with van der Waals surface area (Å²) in [4.78, 5) is 0. The number of benzene rings is 1. The Kier molecular flexibility index (Phi) is 3.41. The van der Waals surface area contributed by atoms with Crippen LogP contribution in [0.1, 0.15) is 11.3 Å². The first kappa shape index (κ1) is 11.2. The molecule has 0 bridgehead atoms. The highest BCUT2D eigenvalue weighted by molar-refractivity contribution is 5.57. The predicted molar refractivity (Wildman–Crippen MR) is 66.6 cm³/mol. The second-order valence-corrected chi connectivity index (χ2v) is 3.81. The zero-order valence-corrected chi connectivity index (χ0v) is 9.72. The summed E-state index contributed by atoms with van der Waals surface area (Å²) in [5, 5.41) is 16.5. The van der Waals surface area contributed by atoms with E-state index in [0.717, 1.165) is 24.3 Å². The summed E-state index contributed by atoms with van der Waals surface area (Å²) in [6.07, 6.45) is 2.78. The van der Waals surface area contributed by atoms with Crippen molar-refractivity contribution < 1.29 is 0 Å². The van der Waals surface area contributed by atoms with Crippen LogP contribution >= 0.6 is 0 Å². The van der Waals surface area contributed by atoms with Crippen molar-refractivity contribution in [1.29, 1.82) is 5.26 Å². The van der Waals surface area contributed by atoms with Crippen LogP contribution in [0.5, 0.6) is 0 Å². The lowest BCUT2D eigenvalue weighted by atomic mass is 10.2. The van der Waals surface area contributed by atoms with E-state index >= 15 is 0 Å². The van der Waals surface area contributed by atoms with Gasteiger partial charge in [-0.1, -0.05) is 12.1 Å². The molecule has 0 atom stereocenters. The van der Waals surface area contributed by atoms with Gasteiger partial charge in [0.2, 0.25) is 0 Å². The van der Waals surface area contributed by atoms with Gasteiger partial charge in [-0.25, -0.2) is 0 Å². The average molecular weight is 226 g/mol. The largest absolute Gasteiger partial charge is 0.384 e. The Bertz CT molecular complexity index is 536. The summed E-state index contributed by atoms with van der Waals surface area (Å²) in [6.45, 7) is 0.774. The Morgan fingerprint density at radius 1 is 1.35 bits per heavy atom. The van der Waals surface area contributed by atoms with Crippen molar-refractivity contribution in [2.75, 3.05) is 11.9 Å². The minimum absolute atomic E-state index is 0.675. The molecule has 0 aliphatic carbocycles. The normalized spacial score (nSPS) is 9.88. The molecule has 1 aromatic heterocycles. The van der Waals surface area contributed by atoms with Crippen LogP contribution in [0.25, 0.3) is 0 Å². The monoisotopic (exact) mass is 226 g/mol. The second kappa shape index (κ2) is 5.17. The summed E-state index contributed by atoms with van der Waals surface area (Å²) in [7, 11) is 1.90. The smallest absolute Gasteiger partial charge is 0.101 e. The molecule has 86 valence electrons. The van der Waals surface area contributed by atoms with Gasteiger partial charge in [-0.15, -0.1) is 0 Å². The molecule has 0 amide bonds. The summed E-state index contributed by atoms with van der Waals surface area (Å²) in [5.41, 5.74) is 2.61. The number of rotatable bonds is 4. The molecule has 1 aromatic carbocycles. The molecule has 1 heterocycles. The highest BCUT2D eigenvalue weighted by atomic mass is 15.2. The number of anilines is 1. The van der Waals surface area contributed by atoms with Gasteiger partial charge in [0.05, 0.1) is 16.9 Å². The van der Waals surface area contributed by atoms with Crippen molar-refractivity contribution in [3.63, 3.8) is 0 Å². The minimum Gasteiger partial charge on any atom is -0.384 e. The van der Waals surface area contributed by atoms with Gasteiger partial charge in [-0.2, -0.15) is 10.4 Å². The Morgan fingerprint density at radius 3 is 2.88 bits per heavy atom. The van der Waals surface area contributed by atoms with E-state index in [1.807, 2.05) is 43.6 Å². The van der Waals surface area contributed by atoms with Crippen molar-refractivity contribution in [2.45, 2.75) is 6.42 Å². The van der Waals surface area contributed by atoms with Gasteiger partial charge in [0.1, 0.15) is 6.07 Å². The fourth-order valence-electron chi connectivity index (χ4n) is 1.66. The third-order valence-corrected chi connectivity index (χ3v) is 2.51. The molecule has 0 unspecified atom stereocenters. The molecular weight excluding hydrogens is 212 g/mol. The summed E-state index contributed by atoms with van der Waals surface area (Å²) < 4.78 is 1.79. The lowest BCUT2D eigenvalue weighted by Crippen LogP contribution is -2.06.